The quantitative estimate of drug-likeness (QED) is 0.646. The highest BCUT2D eigenvalue weighted by atomic mass is 79.9. The van der Waals surface area contributed by atoms with E-state index in [1.165, 1.54) is 6.92 Å². The van der Waals surface area contributed by atoms with Crippen LogP contribution in [0.5, 0.6) is 0 Å². The monoisotopic (exact) mass is 351 g/mol. The number of nitrogens with zero attached hydrogens (tertiary/aromatic N) is 3. The fourth-order valence-corrected chi connectivity index (χ4v) is 2.39. The fraction of sp³-hybridized carbons (Fsp3) is 0.231. The molecular weight excluding hydrogens is 338 g/mol. The lowest BCUT2D eigenvalue weighted by Crippen LogP contribution is -2.13. The molecule has 1 aromatic carbocycles. The standard InChI is InChI=1S/C13H14BrN5O2/c1-7(9-4-3-5-10(14)6-9)16-12-11(19(20)21)8(2)17-13(15)18-12/h3-7H,1-2H3,(H3,15,16,17,18). The third kappa shape index (κ3) is 3.46. The predicted molar refractivity (Wildman–Crippen MR) is 84.0 cm³/mol. The van der Waals surface area contributed by atoms with E-state index in [4.69, 9.17) is 5.73 Å². The zero-order chi connectivity index (χ0) is 15.6. The van der Waals surface area contributed by atoms with Gasteiger partial charge in [-0.1, -0.05) is 28.1 Å². The van der Waals surface area contributed by atoms with Crippen LogP contribution in [-0.4, -0.2) is 14.9 Å². The number of nitro groups is 1. The molecular formula is C13H14BrN5O2. The molecule has 0 aliphatic heterocycles. The highest BCUT2D eigenvalue weighted by Gasteiger charge is 2.23. The summed E-state index contributed by atoms with van der Waals surface area (Å²) >= 11 is 3.40. The number of nitrogens with one attached hydrogen (secondary N) is 1. The molecule has 0 saturated carbocycles. The number of benzene rings is 1. The first kappa shape index (κ1) is 15.2. The van der Waals surface area contributed by atoms with Gasteiger partial charge in [-0.25, -0.2) is 4.98 Å². The minimum Gasteiger partial charge on any atom is -0.368 e. The number of hydrogen-bond donors (Lipinski definition) is 2. The molecule has 0 amide bonds. The Morgan fingerprint density at radius 1 is 1.43 bits per heavy atom. The van der Waals surface area contributed by atoms with E-state index in [0.29, 0.717) is 0 Å². The van der Waals surface area contributed by atoms with Gasteiger partial charge in [-0.05, 0) is 31.5 Å². The van der Waals surface area contributed by atoms with Crippen molar-refractivity contribution in [2.24, 2.45) is 0 Å². The Labute approximate surface area is 129 Å². The average molecular weight is 352 g/mol. The summed E-state index contributed by atoms with van der Waals surface area (Å²) in [4.78, 5) is 18.4. The van der Waals surface area contributed by atoms with E-state index in [9.17, 15) is 10.1 Å². The first-order valence-corrected chi connectivity index (χ1v) is 6.98. The van der Waals surface area contributed by atoms with Crippen LogP contribution >= 0.6 is 15.9 Å². The number of halogens is 1. The molecule has 2 rings (SSSR count). The third-order valence-electron chi connectivity index (χ3n) is 2.96. The van der Waals surface area contributed by atoms with Crippen molar-refractivity contribution in [3.8, 4) is 0 Å². The topological polar surface area (TPSA) is 107 Å². The summed E-state index contributed by atoms with van der Waals surface area (Å²) in [5.41, 5.74) is 6.61. The van der Waals surface area contributed by atoms with E-state index < -0.39 is 4.92 Å². The summed E-state index contributed by atoms with van der Waals surface area (Å²) in [5.74, 6) is 0.125. The number of hydrogen-bond acceptors (Lipinski definition) is 6. The Kier molecular flexibility index (Phi) is 4.37. The molecule has 21 heavy (non-hydrogen) atoms. The van der Waals surface area contributed by atoms with Gasteiger partial charge in [0.05, 0.1) is 11.0 Å². The number of nitrogen functional groups attached to an aromatic ring is 1. The second-order valence-corrected chi connectivity index (χ2v) is 5.46. The lowest BCUT2D eigenvalue weighted by atomic mass is 10.1. The maximum atomic E-state index is 11.2. The van der Waals surface area contributed by atoms with Crippen LogP contribution in [0.15, 0.2) is 28.7 Å². The van der Waals surface area contributed by atoms with Gasteiger partial charge in [0.2, 0.25) is 11.8 Å². The molecule has 2 aromatic rings. The summed E-state index contributed by atoms with van der Waals surface area (Å²) < 4.78 is 0.932. The summed E-state index contributed by atoms with van der Waals surface area (Å²) in [6, 6.07) is 7.49. The van der Waals surface area contributed by atoms with E-state index in [1.54, 1.807) is 0 Å². The van der Waals surface area contributed by atoms with Crippen molar-refractivity contribution in [3.05, 3.63) is 50.1 Å². The van der Waals surface area contributed by atoms with Crippen molar-refractivity contribution >= 4 is 33.4 Å². The normalized spacial score (nSPS) is 12.0. The maximum absolute atomic E-state index is 11.2. The van der Waals surface area contributed by atoms with Crippen molar-refractivity contribution in [1.82, 2.24) is 9.97 Å². The molecule has 7 nitrogen and oxygen atoms in total. The molecule has 1 atom stereocenters. The van der Waals surface area contributed by atoms with Crippen molar-refractivity contribution in [3.63, 3.8) is 0 Å². The summed E-state index contributed by atoms with van der Waals surface area (Å²) in [5, 5.41) is 14.2. The molecule has 0 fully saturated rings. The fourth-order valence-electron chi connectivity index (χ4n) is 1.97. The van der Waals surface area contributed by atoms with Gasteiger partial charge in [0.25, 0.3) is 0 Å². The van der Waals surface area contributed by atoms with Gasteiger partial charge < -0.3 is 11.1 Å². The minimum atomic E-state index is -0.509. The Hall–Kier alpha value is -2.22. The second-order valence-electron chi connectivity index (χ2n) is 4.54. The van der Waals surface area contributed by atoms with Crippen molar-refractivity contribution in [2.45, 2.75) is 19.9 Å². The molecule has 0 bridgehead atoms. The predicted octanol–water partition coefficient (Wildman–Crippen LogP) is 3.21. The van der Waals surface area contributed by atoms with Gasteiger partial charge in [-0.3, -0.25) is 10.1 Å². The first-order chi connectivity index (χ1) is 9.88. The Bertz CT molecular complexity index is 692. The molecule has 0 aliphatic rings. The van der Waals surface area contributed by atoms with Crippen LogP contribution in [0.2, 0.25) is 0 Å². The summed E-state index contributed by atoms with van der Waals surface area (Å²) in [7, 11) is 0. The highest BCUT2D eigenvalue weighted by Crippen LogP contribution is 2.29. The molecule has 1 unspecified atom stereocenters. The van der Waals surface area contributed by atoms with Gasteiger partial charge in [-0.2, -0.15) is 4.98 Å². The van der Waals surface area contributed by atoms with E-state index in [0.717, 1.165) is 10.0 Å². The van der Waals surface area contributed by atoms with Crippen LogP contribution in [0.3, 0.4) is 0 Å². The van der Waals surface area contributed by atoms with Crippen LogP contribution in [-0.2, 0) is 0 Å². The van der Waals surface area contributed by atoms with Gasteiger partial charge in [0.1, 0.15) is 5.69 Å². The molecule has 110 valence electrons. The van der Waals surface area contributed by atoms with E-state index in [1.807, 2.05) is 31.2 Å². The maximum Gasteiger partial charge on any atom is 0.332 e. The van der Waals surface area contributed by atoms with Crippen LogP contribution in [0, 0.1) is 17.0 Å². The molecule has 0 saturated heterocycles. The number of nitrogens with two attached hydrogens (primary N) is 1. The number of rotatable bonds is 4. The molecule has 3 N–H and O–H groups in total. The van der Waals surface area contributed by atoms with Gasteiger partial charge in [0, 0.05) is 4.47 Å². The van der Waals surface area contributed by atoms with Gasteiger partial charge in [0.15, 0.2) is 0 Å². The Balaban J connectivity index is 2.37. The van der Waals surface area contributed by atoms with Crippen molar-refractivity contribution < 1.29 is 4.92 Å². The molecule has 0 aliphatic carbocycles. The number of anilines is 2. The zero-order valence-electron chi connectivity index (χ0n) is 11.5. The Morgan fingerprint density at radius 3 is 2.76 bits per heavy atom. The lowest BCUT2D eigenvalue weighted by Gasteiger charge is -2.16. The summed E-state index contributed by atoms with van der Waals surface area (Å²) in [6.45, 7) is 3.42. The first-order valence-electron chi connectivity index (χ1n) is 6.19. The van der Waals surface area contributed by atoms with Crippen LogP contribution < -0.4 is 11.1 Å². The number of aryl methyl sites for hydroxylation is 1. The molecule has 8 heteroatoms. The Morgan fingerprint density at radius 2 is 2.14 bits per heavy atom. The van der Waals surface area contributed by atoms with Crippen LogP contribution in [0.4, 0.5) is 17.5 Å². The largest absolute Gasteiger partial charge is 0.368 e. The van der Waals surface area contributed by atoms with Gasteiger partial charge in [-0.15, -0.1) is 0 Å². The van der Waals surface area contributed by atoms with Crippen LogP contribution in [0.25, 0.3) is 0 Å². The van der Waals surface area contributed by atoms with Gasteiger partial charge >= 0.3 is 5.69 Å². The highest BCUT2D eigenvalue weighted by molar-refractivity contribution is 9.10. The van der Waals surface area contributed by atoms with E-state index in [-0.39, 0.29) is 29.2 Å². The van der Waals surface area contributed by atoms with E-state index >= 15 is 0 Å². The SMILES string of the molecule is Cc1nc(N)nc(NC(C)c2cccc(Br)c2)c1[N+](=O)[O-]. The minimum absolute atomic E-state index is 0.00189. The number of aromatic nitrogens is 2. The van der Waals surface area contributed by atoms with E-state index in [2.05, 4.69) is 31.2 Å². The molecule has 1 heterocycles. The molecule has 1 aromatic heterocycles. The third-order valence-corrected chi connectivity index (χ3v) is 3.45. The molecule has 0 spiro atoms. The van der Waals surface area contributed by atoms with Crippen LogP contribution in [0.1, 0.15) is 24.2 Å². The lowest BCUT2D eigenvalue weighted by molar-refractivity contribution is -0.385. The average Bonchev–Trinajstić information content (AvgIpc) is 2.37. The van der Waals surface area contributed by atoms with Crippen molar-refractivity contribution in [1.29, 1.82) is 0 Å². The molecule has 0 radical (unpaired) electrons. The smallest absolute Gasteiger partial charge is 0.332 e. The second kappa shape index (κ2) is 6.04. The zero-order valence-corrected chi connectivity index (χ0v) is 13.1. The van der Waals surface area contributed by atoms with Crippen molar-refractivity contribution in [2.75, 3.05) is 11.1 Å². The summed E-state index contributed by atoms with van der Waals surface area (Å²) in [6.07, 6.45) is 0.